The molecule has 0 amide bonds. The van der Waals surface area contributed by atoms with E-state index in [2.05, 4.69) is 0 Å². The summed E-state index contributed by atoms with van der Waals surface area (Å²) in [4.78, 5) is 24.5. The first-order valence-electron chi connectivity index (χ1n) is 8.01. The van der Waals surface area contributed by atoms with Crippen molar-refractivity contribution in [2.75, 3.05) is 0 Å². The zero-order valence-electron chi connectivity index (χ0n) is 14.2. The molecule has 3 nitrogen and oxygen atoms in total. The van der Waals surface area contributed by atoms with Gasteiger partial charge in [-0.25, -0.2) is 0 Å². The molecule has 0 saturated heterocycles. The van der Waals surface area contributed by atoms with Crippen molar-refractivity contribution in [1.29, 1.82) is 0 Å². The van der Waals surface area contributed by atoms with Gasteiger partial charge in [0.05, 0.1) is 5.41 Å². The Bertz CT molecular complexity index is 613. The van der Waals surface area contributed by atoms with E-state index in [9.17, 15) is 14.7 Å². The Morgan fingerprint density at radius 1 is 1.18 bits per heavy atom. The summed E-state index contributed by atoms with van der Waals surface area (Å²) in [5, 5.41) is 10.3. The number of aldehydes is 1. The van der Waals surface area contributed by atoms with Gasteiger partial charge in [-0.05, 0) is 48.9 Å². The smallest absolute Gasteiger partial charge is 0.150 e. The van der Waals surface area contributed by atoms with Crippen LogP contribution < -0.4 is 0 Å². The van der Waals surface area contributed by atoms with Crippen LogP contribution in [0.3, 0.4) is 0 Å². The number of hydrogen-bond donors (Lipinski definition) is 1. The normalized spacial score (nSPS) is 24.5. The highest BCUT2D eigenvalue weighted by atomic mass is 16.3. The van der Waals surface area contributed by atoms with Crippen LogP contribution in [0.5, 0.6) is 5.75 Å². The standard InChI is InChI=1S/C19H26O3/c1-12(2)14-9-13(11-20)15(10-16(14)21)19(5)8-6-7-18(3,4)17(19)22/h9-12,21H,6-8H2,1-5H3/t19-/m1/s1. The van der Waals surface area contributed by atoms with E-state index in [1.54, 1.807) is 12.1 Å². The Morgan fingerprint density at radius 2 is 1.82 bits per heavy atom. The third kappa shape index (κ3) is 2.57. The van der Waals surface area contributed by atoms with Crippen molar-refractivity contribution in [1.82, 2.24) is 0 Å². The predicted molar refractivity (Wildman–Crippen MR) is 87.6 cm³/mol. The number of carbonyl (C=O) groups excluding carboxylic acids is 2. The van der Waals surface area contributed by atoms with E-state index in [-0.39, 0.29) is 22.9 Å². The van der Waals surface area contributed by atoms with Crippen molar-refractivity contribution in [2.24, 2.45) is 5.41 Å². The number of rotatable bonds is 3. The van der Waals surface area contributed by atoms with Gasteiger partial charge in [0.15, 0.2) is 0 Å². The van der Waals surface area contributed by atoms with Crippen molar-refractivity contribution >= 4 is 12.1 Å². The second-order valence-corrected chi connectivity index (χ2v) is 7.67. The van der Waals surface area contributed by atoms with Crippen LogP contribution in [0.15, 0.2) is 12.1 Å². The number of aromatic hydroxyl groups is 1. The van der Waals surface area contributed by atoms with Gasteiger partial charge in [-0.3, -0.25) is 9.59 Å². The summed E-state index contributed by atoms with van der Waals surface area (Å²) in [5.41, 5.74) is 0.846. The molecule has 0 aliphatic heterocycles. The zero-order chi connectivity index (χ0) is 16.7. The lowest BCUT2D eigenvalue weighted by Crippen LogP contribution is -2.46. The minimum Gasteiger partial charge on any atom is -0.508 e. The molecule has 1 atom stereocenters. The Kier molecular flexibility index (Phi) is 4.20. The summed E-state index contributed by atoms with van der Waals surface area (Å²) in [5.74, 6) is 0.457. The summed E-state index contributed by atoms with van der Waals surface area (Å²) in [6.07, 6.45) is 3.34. The molecule has 0 bridgehead atoms. The molecule has 0 radical (unpaired) electrons. The summed E-state index contributed by atoms with van der Waals surface area (Å²) < 4.78 is 0. The largest absolute Gasteiger partial charge is 0.508 e. The Morgan fingerprint density at radius 3 is 2.36 bits per heavy atom. The van der Waals surface area contributed by atoms with E-state index in [1.807, 2.05) is 34.6 Å². The van der Waals surface area contributed by atoms with Crippen molar-refractivity contribution in [3.8, 4) is 5.75 Å². The van der Waals surface area contributed by atoms with Crippen LogP contribution in [0, 0.1) is 5.41 Å². The summed E-state index contributed by atoms with van der Waals surface area (Å²) in [6, 6.07) is 3.38. The van der Waals surface area contributed by atoms with E-state index in [0.717, 1.165) is 31.1 Å². The highest BCUT2D eigenvalue weighted by Crippen LogP contribution is 2.46. The molecule has 1 saturated carbocycles. The van der Waals surface area contributed by atoms with Crippen LogP contribution >= 0.6 is 0 Å². The number of benzene rings is 1. The van der Waals surface area contributed by atoms with Gasteiger partial charge in [0.25, 0.3) is 0 Å². The Hall–Kier alpha value is -1.64. The van der Waals surface area contributed by atoms with Gasteiger partial charge >= 0.3 is 0 Å². The summed E-state index contributed by atoms with van der Waals surface area (Å²) in [6.45, 7) is 9.79. The molecule has 120 valence electrons. The van der Waals surface area contributed by atoms with Gasteiger partial charge in [0.1, 0.15) is 17.8 Å². The molecule has 3 heteroatoms. The highest BCUT2D eigenvalue weighted by Gasteiger charge is 2.47. The van der Waals surface area contributed by atoms with E-state index in [1.165, 1.54) is 0 Å². The molecular weight excluding hydrogens is 276 g/mol. The predicted octanol–water partition coefficient (Wildman–Crippen LogP) is 4.37. The van der Waals surface area contributed by atoms with E-state index in [4.69, 9.17) is 0 Å². The first kappa shape index (κ1) is 16.7. The number of phenolic OH excluding ortho intramolecular Hbond substituents is 1. The third-order valence-electron chi connectivity index (χ3n) is 5.14. The van der Waals surface area contributed by atoms with Gasteiger partial charge in [-0.2, -0.15) is 0 Å². The molecular formula is C19H26O3. The lowest BCUT2D eigenvalue weighted by atomic mass is 9.60. The fraction of sp³-hybridized carbons (Fsp3) is 0.579. The fourth-order valence-corrected chi connectivity index (χ4v) is 3.78. The maximum Gasteiger partial charge on any atom is 0.150 e. The summed E-state index contributed by atoms with van der Waals surface area (Å²) >= 11 is 0. The topological polar surface area (TPSA) is 54.4 Å². The number of Topliss-reactive ketones (excluding diaryl/α,β-unsaturated/α-hetero) is 1. The van der Waals surface area contributed by atoms with Crippen molar-refractivity contribution < 1.29 is 14.7 Å². The SMILES string of the molecule is CC(C)c1cc(C=O)c([C@@]2(C)CCCC(C)(C)C2=O)cc1O. The van der Waals surface area contributed by atoms with Crippen LogP contribution in [0.25, 0.3) is 0 Å². The zero-order valence-corrected chi connectivity index (χ0v) is 14.2. The molecule has 1 aliphatic rings. The van der Waals surface area contributed by atoms with Crippen LogP contribution in [0.4, 0.5) is 0 Å². The monoisotopic (exact) mass is 302 g/mol. The van der Waals surface area contributed by atoms with Gasteiger partial charge in [0.2, 0.25) is 0 Å². The summed E-state index contributed by atoms with van der Waals surface area (Å²) in [7, 11) is 0. The van der Waals surface area contributed by atoms with Crippen molar-refractivity contribution in [2.45, 2.75) is 65.2 Å². The van der Waals surface area contributed by atoms with E-state index in [0.29, 0.717) is 11.1 Å². The van der Waals surface area contributed by atoms with E-state index < -0.39 is 5.41 Å². The average molecular weight is 302 g/mol. The Balaban J connectivity index is 2.63. The second-order valence-electron chi connectivity index (χ2n) is 7.67. The molecule has 1 aromatic rings. The highest BCUT2D eigenvalue weighted by molar-refractivity contribution is 5.97. The molecule has 22 heavy (non-hydrogen) atoms. The molecule has 2 rings (SSSR count). The minimum absolute atomic E-state index is 0.124. The van der Waals surface area contributed by atoms with Gasteiger partial charge < -0.3 is 5.11 Å². The molecule has 0 heterocycles. The first-order chi connectivity index (χ1) is 10.1. The number of phenols is 1. The fourth-order valence-electron chi connectivity index (χ4n) is 3.78. The average Bonchev–Trinajstić information content (AvgIpc) is 2.44. The van der Waals surface area contributed by atoms with Crippen molar-refractivity contribution in [3.63, 3.8) is 0 Å². The van der Waals surface area contributed by atoms with Gasteiger partial charge in [-0.15, -0.1) is 0 Å². The number of ketones is 1. The molecule has 1 fully saturated rings. The van der Waals surface area contributed by atoms with E-state index >= 15 is 0 Å². The van der Waals surface area contributed by atoms with Crippen LogP contribution in [-0.4, -0.2) is 17.2 Å². The molecule has 1 N–H and O–H groups in total. The lowest BCUT2D eigenvalue weighted by Gasteiger charge is -2.42. The van der Waals surface area contributed by atoms with Gasteiger partial charge in [0, 0.05) is 11.0 Å². The maximum atomic E-state index is 13.0. The number of carbonyl (C=O) groups is 2. The van der Waals surface area contributed by atoms with Crippen molar-refractivity contribution in [3.05, 3.63) is 28.8 Å². The quantitative estimate of drug-likeness (QED) is 0.844. The van der Waals surface area contributed by atoms with Crippen LogP contribution in [0.1, 0.15) is 81.3 Å². The number of hydrogen-bond acceptors (Lipinski definition) is 3. The lowest BCUT2D eigenvalue weighted by molar-refractivity contribution is -0.135. The Labute approximate surface area is 132 Å². The minimum atomic E-state index is -0.703. The molecule has 0 unspecified atom stereocenters. The van der Waals surface area contributed by atoms with Crippen LogP contribution in [0.2, 0.25) is 0 Å². The maximum absolute atomic E-state index is 13.0. The molecule has 1 aromatic carbocycles. The first-order valence-corrected chi connectivity index (χ1v) is 8.01. The van der Waals surface area contributed by atoms with Crippen LogP contribution in [-0.2, 0) is 10.2 Å². The molecule has 0 aromatic heterocycles. The second kappa shape index (κ2) is 5.53. The molecule has 1 aliphatic carbocycles. The molecule has 0 spiro atoms. The van der Waals surface area contributed by atoms with Gasteiger partial charge in [-0.1, -0.05) is 34.1 Å². The third-order valence-corrected chi connectivity index (χ3v) is 5.14.